The van der Waals surface area contributed by atoms with E-state index in [1.807, 2.05) is 0 Å². The molecule has 1 saturated heterocycles. The highest BCUT2D eigenvalue weighted by Crippen LogP contribution is 2.17. The summed E-state index contributed by atoms with van der Waals surface area (Å²) in [5, 5.41) is 9.39. The van der Waals surface area contributed by atoms with Crippen molar-refractivity contribution in [2.24, 2.45) is 0 Å². The third-order valence-electron chi connectivity index (χ3n) is 2.96. The fraction of sp³-hybridized carbons (Fsp3) is 0.385. The molecule has 102 valence electrons. The van der Waals surface area contributed by atoms with Crippen molar-refractivity contribution in [2.45, 2.75) is 6.04 Å². The van der Waals surface area contributed by atoms with Crippen molar-refractivity contribution >= 4 is 11.9 Å². The number of phenolic OH excluding ortho intramolecular Hbond substituents is 1. The van der Waals surface area contributed by atoms with Crippen LogP contribution in [0, 0.1) is 0 Å². The van der Waals surface area contributed by atoms with Crippen LogP contribution in [0.3, 0.4) is 0 Å². The monoisotopic (exact) mass is 265 g/mol. The van der Waals surface area contributed by atoms with Crippen LogP contribution in [0.2, 0.25) is 0 Å². The third-order valence-corrected chi connectivity index (χ3v) is 2.96. The summed E-state index contributed by atoms with van der Waals surface area (Å²) in [7, 11) is 1.27. The number of rotatable bonds is 2. The van der Waals surface area contributed by atoms with Gasteiger partial charge in [0.1, 0.15) is 5.75 Å². The highest BCUT2D eigenvalue weighted by atomic mass is 16.5. The molecule has 0 aliphatic carbocycles. The Kier molecular flexibility index (Phi) is 4.01. The molecule has 6 heteroatoms. The number of amides is 1. The Morgan fingerprint density at radius 3 is 2.95 bits per heavy atom. The summed E-state index contributed by atoms with van der Waals surface area (Å²) in [5.74, 6) is -0.823. The van der Waals surface area contributed by atoms with Crippen molar-refractivity contribution in [2.75, 3.05) is 26.9 Å². The second kappa shape index (κ2) is 5.71. The molecule has 0 bridgehead atoms. The second-order valence-electron chi connectivity index (χ2n) is 4.16. The Morgan fingerprint density at radius 1 is 1.47 bits per heavy atom. The molecule has 1 amide bonds. The molecule has 19 heavy (non-hydrogen) atoms. The van der Waals surface area contributed by atoms with Crippen molar-refractivity contribution in [3.05, 3.63) is 29.8 Å². The number of morpholine rings is 1. The molecule has 1 fully saturated rings. The van der Waals surface area contributed by atoms with Crippen LogP contribution in [0.1, 0.15) is 10.4 Å². The Hall–Kier alpha value is -2.08. The summed E-state index contributed by atoms with van der Waals surface area (Å²) in [6.07, 6.45) is 0. The zero-order valence-corrected chi connectivity index (χ0v) is 10.5. The van der Waals surface area contributed by atoms with E-state index in [0.717, 1.165) is 0 Å². The van der Waals surface area contributed by atoms with Crippen LogP contribution in [-0.4, -0.2) is 54.8 Å². The van der Waals surface area contributed by atoms with Gasteiger partial charge >= 0.3 is 5.97 Å². The van der Waals surface area contributed by atoms with Crippen LogP contribution in [0.25, 0.3) is 0 Å². The first kappa shape index (κ1) is 13.4. The second-order valence-corrected chi connectivity index (χ2v) is 4.16. The number of methoxy groups -OCH3 is 1. The zero-order valence-electron chi connectivity index (χ0n) is 10.5. The maximum absolute atomic E-state index is 12.3. The molecule has 1 aliphatic rings. The Bertz CT molecular complexity index is 488. The average molecular weight is 265 g/mol. The maximum Gasteiger partial charge on any atom is 0.331 e. The fourth-order valence-corrected chi connectivity index (χ4v) is 1.98. The number of hydrogen-bond acceptors (Lipinski definition) is 5. The largest absolute Gasteiger partial charge is 0.508 e. The number of esters is 1. The lowest BCUT2D eigenvalue weighted by Crippen LogP contribution is -2.53. The number of phenols is 1. The van der Waals surface area contributed by atoms with Gasteiger partial charge in [-0.25, -0.2) is 4.79 Å². The van der Waals surface area contributed by atoms with Gasteiger partial charge in [0.15, 0.2) is 6.04 Å². The summed E-state index contributed by atoms with van der Waals surface area (Å²) in [5.41, 5.74) is 0.329. The third kappa shape index (κ3) is 2.85. The van der Waals surface area contributed by atoms with E-state index in [0.29, 0.717) is 18.7 Å². The first-order chi connectivity index (χ1) is 9.13. The molecule has 1 aromatic carbocycles. The summed E-state index contributed by atoms with van der Waals surface area (Å²) in [4.78, 5) is 25.4. The van der Waals surface area contributed by atoms with Gasteiger partial charge < -0.3 is 19.5 Å². The van der Waals surface area contributed by atoms with Gasteiger partial charge in [0.25, 0.3) is 5.91 Å². The van der Waals surface area contributed by atoms with Gasteiger partial charge in [0.2, 0.25) is 0 Å². The van der Waals surface area contributed by atoms with Crippen molar-refractivity contribution in [1.29, 1.82) is 0 Å². The van der Waals surface area contributed by atoms with Gasteiger partial charge in [-0.3, -0.25) is 4.79 Å². The van der Waals surface area contributed by atoms with Crippen LogP contribution >= 0.6 is 0 Å². The standard InChI is InChI=1S/C13H15NO5/c1-18-13(17)11-8-19-6-5-14(11)12(16)9-3-2-4-10(15)7-9/h2-4,7,11,15H,5-6,8H2,1H3. The molecule has 2 rings (SSSR count). The van der Waals surface area contributed by atoms with E-state index in [4.69, 9.17) is 4.74 Å². The summed E-state index contributed by atoms with van der Waals surface area (Å²) < 4.78 is 9.87. The quantitative estimate of drug-likeness (QED) is 0.784. The maximum atomic E-state index is 12.3. The zero-order chi connectivity index (χ0) is 13.8. The van der Waals surface area contributed by atoms with Crippen molar-refractivity contribution in [3.63, 3.8) is 0 Å². The topological polar surface area (TPSA) is 76.1 Å². The van der Waals surface area contributed by atoms with E-state index in [-0.39, 0.29) is 18.3 Å². The van der Waals surface area contributed by atoms with Gasteiger partial charge in [0, 0.05) is 12.1 Å². The average Bonchev–Trinajstić information content (AvgIpc) is 2.45. The lowest BCUT2D eigenvalue weighted by atomic mass is 10.1. The van der Waals surface area contributed by atoms with Crippen molar-refractivity contribution in [3.8, 4) is 5.75 Å². The fourth-order valence-electron chi connectivity index (χ4n) is 1.98. The SMILES string of the molecule is COC(=O)C1COCCN1C(=O)c1cccc(O)c1. The molecule has 1 unspecified atom stereocenters. The number of carbonyl (C=O) groups excluding carboxylic acids is 2. The lowest BCUT2D eigenvalue weighted by Gasteiger charge is -2.33. The molecule has 1 N–H and O–H groups in total. The van der Waals surface area contributed by atoms with Crippen LogP contribution in [0.15, 0.2) is 24.3 Å². The van der Waals surface area contributed by atoms with E-state index in [1.54, 1.807) is 12.1 Å². The minimum Gasteiger partial charge on any atom is -0.508 e. The minimum absolute atomic E-state index is 0.00808. The normalized spacial score (nSPS) is 19.0. The van der Waals surface area contributed by atoms with Crippen LogP contribution < -0.4 is 0 Å². The summed E-state index contributed by atoms with van der Waals surface area (Å²) in [6, 6.07) is 5.27. The molecule has 1 aromatic rings. The molecule has 6 nitrogen and oxygen atoms in total. The Balaban J connectivity index is 2.22. The van der Waals surface area contributed by atoms with Crippen LogP contribution in [0.4, 0.5) is 0 Å². The number of hydrogen-bond donors (Lipinski definition) is 1. The van der Waals surface area contributed by atoms with Gasteiger partial charge in [-0.15, -0.1) is 0 Å². The van der Waals surface area contributed by atoms with Crippen LogP contribution in [-0.2, 0) is 14.3 Å². The highest BCUT2D eigenvalue weighted by Gasteiger charge is 2.34. The van der Waals surface area contributed by atoms with E-state index >= 15 is 0 Å². The number of nitrogens with zero attached hydrogens (tertiary/aromatic N) is 1. The molecule has 1 aliphatic heterocycles. The number of benzene rings is 1. The predicted octanol–water partition coefficient (Wildman–Crippen LogP) is 0.406. The molecule has 0 radical (unpaired) electrons. The minimum atomic E-state index is -0.742. The highest BCUT2D eigenvalue weighted by molar-refractivity contribution is 5.97. The molecule has 1 atom stereocenters. The molecule has 1 heterocycles. The molecular weight excluding hydrogens is 250 g/mol. The molecular formula is C13H15NO5. The Morgan fingerprint density at radius 2 is 2.26 bits per heavy atom. The van der Waals surface area contributed by atoms with E-state index in [2.05, 4.69) is 4.74 Å². The lowest BCUT2D eigenvalue weighted by molar-refractivity contribution is -0.151. The molecule has 0 aromatic heterocycles. The van der Waals surface area contributed by atoms with Crippen molar-refractivity contribution in [1.82, 2.24) is 4.90 Å². The molecule has 0 spiro atoms. The summed E-state index contributed by atoms with van der Waals surface area (Å²) >= 11 is 0. The number of carbonyl (C=O) groups is 2. The first-order valence-electron chi connectivity index (χ1n) is 5.89. The van der Waals surface area contributed by atoms with E-state index in [9.17, 15) is 14.7 Å². The number of ether oxygens (including phenoxy) is 2. The van der Waals surface area contributed by atoms with Gasteiger partial charge in [0.05, 0.1) is 20.3 Å². The Labute approximate surface area is 110 Å². The van der Waals surface area contributed by atoms with Gasteiger partial charge in [-0.05, 0) is 18.2 Å². The first-order valence-corrected chi connectivity index (χ1v) is 5.89. The van der Waals surface area contributed by atoms with Gasteiger partial charge in [-0.1, -0.05) is 6.07 Å². The van der Waals surface area contributed by atoms with Gasteiger partial charge in [-0.2, -0.15) is 0 Å². The van der Waals surface area contributed by atoms with Crippen molar-refractivity contribution < 1.29 is 24.2 Å². The van der Waals surface area contributed by atoms with E-state index in [1.165, 1.54) is 24.1 Å². The predicted molar refractivity (Wildman–Crippen MR) is 65.8 cm³/mol. The summed E-state index contributed by atoms with van der Waals surface area (Å²) in [6.45, 7) is 0.809. The van der Waals surface area contributed by atoms with Crippen LogP contribution in [0.5, 0.6) is 5.75 Å². The smallest absolute Gasteiger partial charge is 0.331 e. The van der Waals surface area contributed by atoms with E-state index < -0.39 is 12.0 Å². The molecule has 0 saturated carbocycles. The number of aromatic hydroxyl groups is 1.